The number of methoxy groups -OCH3 is 1. The van der Waals surface area contributed by atoms with Gasteiger partial charge in [0.05, 0.1) is 12.7 Å². The Bertz CT molecular complexity index is 941. The summed E-state index contributed by atoms with van der Waals surface area (Å²) in [6, 6.07) is 12.6. The smallest absolute Gasteiger partial charge is 0.416 e. The number of nitrogens with zero attached hydrogens (tertiary/aromatic N) is 2. The van der Waals surface area contributed by atoms with Crippen molar-refractivity contribution in [2.24, 2.45) is 5.92 Å². The molecule has 2 aromatic carbocycles. The first-order valence-electron chi connectivity index (χ1n) is 11.2. The number of carbonyl (C=O) groups is 1. The molecule has 32 heavy (non-hydrogen) atoms. The van der Waals surface area contributed by atoms with Gasteiger partial charge < -0.3 is 14.5 Å². The van der Waals surface area contributed by atoms with Crippen LogP contribution >= 0.6 is 0 Å². The van der Waals surface area contributed by atoms with E-state index in [1.807, 2.05) is 0 Å². The van der Waals surface area contributed by atoms with Crippen LogP contribution in [0.25, 0.3) is 0 Å². The number of amides is 1. The van der Waals surface area contributed by atoms with E-state index in [2.05, 4.69) is 4.90 Å². The molecule has 2 aliphatic heterocycles. The Morgan fingerprint density at radius 2 is 1.78 bits per heavy atom. The summed E-state index contributed by atoms with van der Waals surface area (Å²) < 4.78 is 45.3. The number of hydrogen-bond acceptors (Lipinski definition) is 3. The minimum atomic E-state index is -4.38. The number of piperidine rings is 1. The van der Waals surface area contributed by atoms with Crippen molar-refractivity contribution in [2.45, 2.75) is 31.4 Å². The van der Waals surface area contributed by atoms with Crippen LogP contribution in [0.2, 0.25) is 0 Å². The number of alkyl halides is 3. The number of carbonyl (C=O) groups excluding carboxylic acids is 1. The third kappa shape index (κ3) is 5.09. The van der Waals surface area contributed by atoms with Gasteiger partial charge in [-0.15, -0.1) is 0 Å². The highest BCUT2D eigenvalue weighted by Crippen LogP contribution is 2.37. The molecule has 172 valence electrons. The van der Waals surface area contributed by atoms with Crippen molar-refractivity contribution in [3.63, 3.8) is 0 Å². The zero-order valence-electron chi connectivity index (χ0n) is 18.3. The maximum Gasteiger partial charge on any atom is 0.416 e. The molecule has 2 atom stereocenters. The van der Waals surface area contributed by atoms with Crippen LogP contribution in [0.4, 0.5) is 13.2 Å². The summed E-state index contributed by atoms with van der Waals surface area (Å²) in [5.74, 6) is 0.455. The monoisotopic (exact) mass is 446 g/mol. The zero-order chi connectivity index (χ0) is 22.7. The number of benzene rings is 2. The maximum absolute atomic E-state index is 13.3. The van der Waals surface area contributed by atoms with E-state index >= 15 is 0 Å². The molecular formula is C25H29F3N2O2. The van der Waals surface area contributed by atoms with E-state index in [1.165, 1.54) is 18.6 Å². The Morgan fingerprint density at radius 3 is 2.50 bits per heavy atom. The second kappa shape index (κ2) is 9.53. The Hall–Kier alpha value is -2.54. The number of likely N-dealkylation sites (tertiary alicyclic amines) is 2. The van der Waals surface area contributed by atoms with Gasteiger partial charge in [-0.05, 0) is 61.7 Å². The normalized spacial score (nSPS) is 22.2. The lowest BCUT2D eigenvalue weighted by molar-refractivity contribution is -0.137. The zero-order valence-corrected chi connectivity index (χ0v) is 18.3. The predicted molar refractivity (Wildman–Crippen MR) is 117 cm³/mol. The van der Waals surface area contributed by atoms with Crippen molar-refractivity contribution >= 4 is 5.91 Å². The van der Waals surface area contributed by atoms with E-state index in [9.17, 15) is 18.0 Å². The quantitative estimate of drug-likeness (QED) is 0.644. The number of ether oxygens (including phenoxy) is 1. The molecule has 2 aromatic rings. The standard InChI is InChI=1S/C25H29F3N2O2/c1-32-22-10-6-8-19(14-22)24(31)30-16-20(15-29-11-3-2-4-12-29)23(17-30)18-7-5-9-21(13-18)25(26,27)28/h5-10,13-14,20,23H,2-4,11-12,15-17H2,1H3/t20-,23-/m0/s1. The van der Waals surface area contributed by atoms with Crippen LogP contribution in [0.15, 0.2) is 48.5 Å². The lowest BCUT2D eigenvalue weighted by Crippen LogP contribution is -2.36. The second-order valence-electron chi connectivity index (χ2n) is 8.79. The minimum Gasteiger partial charge on any atom is -0.497 e. The first kappa shape index (κ1) is 22.6. The van der Waals surface area contributed by atoms with Crippen molar-refractivity contribution < 1.29 is 22.7 Å². The fourth-order valence-electron chi connectivity index (χ4n) is 4.96. The summed E-state index contributed by atoms with van der Waals surface area (Å²) in [4.78, 5) is 17.4. The van der Waals surface area contributed by atoms with Gasteiger partial charge in [-0.2, -0.15) is 13.2 Å². The average Bonchev–Trinajstić information content (AvgIpc) is 3.22. The molecule has 2 heterocycles. The molecule has 7 heteroatoms. The van der Waals surface area contributed by atoms with Crippen LogP contribution in [0.1, 0.15) is 46.7 Å². The van der Waals surface area contributed by atoms with Gasteiger partial charge in [0.15, 0.2) is 0 Å². The molecule has 0 aliphatic carbocycles. The third-order valence-corrected chi connectivity index (χ3v) is 6.63. The minimum absolute atomic E-state index is 0.0890. The summed E-state index contributed by atoms with van der Waals surface area (Å²) in [6.07, 6.45) is -0.868. The van der Waals surface area contributed by atoms with Gasteiger partial charge in [-0.25, -0.2) is 0 Å². The number of halogens is 3. The molecule has 0 radical (unpaired) electrons. The van der Waals surface area contributed by atoms with Gasteiger partial charge in [-0.1, -0.05) is 30.7 Å². The largest absolute Gasteiger partial charge is 0.497 e. The second-order valence-corrected chi connectivity index (χ2v) is 8.79. The fraction of sp³-hybridized carbons (Fsp3) is 0.480. The predicted octanol–water partition coefficient (Wildman–Crippen LogP) is 5.06. The van der Waals surface area contributed by atoms with Gasteiger partial charge in [0.1, 0.15) is 5.75 Å². The van der Waals surface area contributed by atoms with Gasteiger partial charge in [0, 0.05) is 31.1 Å². The maximum atomic E-state index is 13.3. The lowest BCUT2D eigenvalue weighted by atomic mass is 9.87. The number of rotatable bonds is 5. The first-order valence-corrected chi connectivity index (χ1v) is 11.2. The summed E-state index contributed by atoms with van der Waals surface area (Å²) in [5, 5.41) is 0. The summed E-state index contributed by atoms with van der Waals surface area (Å²) >= 11 is 0. The molecule has 0 aromatic heterocycles. The highest BCUT2D eigenvalue weighted by molar-refractivity contribution is 5.94. The van der Waals surface area contributed by atoms with E-state index in [0.717, 1.165) is 38.5 Å². The van der Waals surface area contributed by atoms with E-state index in [0.29, 0.717) is 30.0 Å². The fourth-order valence-corrected chi connectivity index (χ4v) is 4.96. The van der Waals surface area contributed by atoms with E-state index in [1.54, 1.807) is 42.3 Å². The van der Waals surface area contributed by atoms with E-state index in [-0.39, 0.29) is 17.7 Å². The molecule has 2 saturated heterocycles. The molecule has 2 fully saturated rings. The van der Waals surface area contributed by atoms with Crippen LogP contribution in [0.3, 0.4) is 0 Å². The Labute approximate surface area is 187 Å². The topological polar surface area (TPSA) is 32.8 Å². The van der Waals surface area contributed by atoms with Crippen molar-refractivity contribution in [1.29, 1.82) is 0 Å². The van der Waals surface area contributed by atoms with Crippen molar-refractivity contribution in [2.75, 3.05) is 39.8 Å². The summed E-state index contributed by atoms with van der Waals surface area (Å²) in [7, 11) is 1.55. The average molecular weight is 447 g/mol. The third-order valence-electron chi connectivity index (χ3n) is 6.63. The van der Waals surface area contributed by atoms with Crippen LogP contribution in [-0.4, -0.2) is 55.5 Å². The van der Waals surface area contributed by atoms with Gasteiger partial charge in [-0.3, -0.25) is 4.79 Å². The molecule has 0 unspecified atom stereocenters. The molecule has 0 spiro atoms. The van der Waals surface area contributed by atoms with Crippen LogP contribution in [-0.2, 0) is 6.18 Å². The van der Waals surface area contributed by atoms with Crippen LogP contribution in [0.5, 0.6) is 5.75 Å². The highest BCUT2D eigenvalue weighted by atomic mass is 19.4. The SMILES string of the molecule is COc1cccc(C(=O)N2C[C@H](CN3CCCCC3)[C@H](c3cccc(C(F)(F)F)c3)C2)c1. The molecule has 1 amide bonds. The molecule has 4 rings (SSSR count). The molecular weight excluding hydrogens is 417 g/mol. The Balaban J connectivity index is 1.59. The molecule has 0 N–H and O–H groups in total. The Morgan fingerprint density at radius 1 is 1.03 bits per heavy atom. The lowest BCUT2D eigenvalue weighted by Gasteiger charge is -2.31. The molecule has 2 aliphatic rings. The highest BCUT2D eigenvalue weighted by Gasteiger charge is 2.39. The molecule has 0 bridgehead atoms. The van der Waals surface area contributed by atoms with Crippen LogP contribution in [0, 0.1) is 5.92 Å². The van der Waals surface area contributed by atoms with E-state index < -0.39 is 11.7 Å². The van der Waals surface area contributed by atoms with Gasteiger partial charge in [0.2, 0.25) is 0 Å². The summed E-state index contributed by atoms with van der Waals surface area (Å²) in [6.45, 7) is 3.76. The van der Waals surface area contributed by atoms with Gasteiger partial charge >= 0.3 is 6.18 Å². The Kier molecular flexibility index (Phi) is 6.74. The van der Waals surface area contributed by atoms with Crippen molar-refractivity contribution in [1.82, 2.24) is 9.80 Å². The summed E-state index contributed by atoms with van der Waals surface area (Å²) in [5.41, 5.74) is 0.554. The number of hydrogen-bond donors (Lipinski definition) is 0. The first-order chi connectivity index (χ1) is 15.3. The van der Waals surface area contributed by atoms with Crippen molar-refractivity contribution in [3.05, 3.63) is 65.2 Å². The van der Waals surface area contributed by atoms with E-state index in [4.69, 9.17) is 4.74 Å². The van der Waals surface area contributed by atoms with Gasteiger partial charge in [0.25, 0.3) is 5.91 Å². The van der Waals surface area contributed by atoms with Crippen molar-refractivity contribution in [3.8, 4) is 5.75 Å². The molecule has 0 saturated carbocycles. The van der Waals surface area contributed by atoms with Crippen LogP contribution < -0.4 is 4.74 Å². The molecule has 4 nitrogen and oxygen atoms in total.